The van der Waals surface area contributed by atoms with Crippen molar-refractivity contribution in [1.29, 1.82) is 0 Å². The van der Waals surface area contributed by atoms with Crippen LogP contribution < -0.4 is 0 Å². The number of aromatic nitrogens is 4. The lowest BCUT2D eigenvalue weighted by Crippen LogP contribution is -1.93. The van der Waals surface area contributed by atoms with E-state index in [9.17, 15) is 0 Å². The first-order chi connectivity index (χ1) is 37.7. The van der Waals surface area contributed by atoms with Gasteiger partial charge in [-0.1, -0.05) is 231 Å². The summed E-state index contributed by atoms with van der Waals surface area (Å²) in [5.41, 5.74) is 22.6. The number of para-hydroxylation sites is 2. The second-order valence-electron chi connectivity index (χ2n) is 19.1. The number of fused-ring (bicyclic) bond motifs is 4. The summed E-state index contributed by atoms with van der Waals surface area (Å²) in [5, 5.41) is 3.47. The minimum Gasteiger partial charge on any atom is -0.309 e. The Morgan fingerprint density at radius 3 is 1.11 bits per heavy atom. The predicted octanol–water partition coefficient (Wildman–Crippen LogP) is 19.2. The summed E-state index contributed by atoms with van der Waals surface area (Å²) in [7, 11) is 0. The first-order valence-corrected chi connectivity index (χ1v) is 26.5. The van der Waals surface area contributed by atoms with Gasteiger partial charge in [-0.25, -0.2) is 15.0 Å². The van der Waals surface area contributed by atoms with Crippen molar-refractivity contribution in [2.24, 2.45) is 0 Å². The maximum Gasteiger partial charge on any atom is 0.124 e. The van der Waals surface area contributed by atoms with Gasteiger partial charge < -0.3 is 4.57 Å². The van der Waals surface area contributed by atoms with Gasteiger partial charge in [0.25, 0.3) is 0 Å². The standard InChI is InChI=1S/C71H46N4S/c1-5-17-51(18-6-1)63-45-43-57(67(72-63)53-21-9-3-10-22-53)47-29-31-49(32-30-47)59-41-42-60(50-35-33-48(34-36-50)58-44-46-64(52-19-7-2-8-20-52)73-68(58)54-23-11-4-12-24-54)70-69(59)74-71(76-70)55-37-39-56(40-38-55)75-65-27-15-13-25-61(65)62-26-14-16-28-66(62)75/h1-46H. The van der Waals surface area contributed by atoms with Crippen molar-refractivity contribution in [1.82, 2.24) is 19.5 Å². The number of hydrogen-bond acceptors (Lipinski definition) is 4. The third-order valence-electron chi connectivity index (χ3n) is 14.5. The average Bonchev–Trinajstić information content (AvgIpc) is 4.15. The lowest BCUT2D eigenvalue weighted by molar-refractivity contribution is 1.18. The minimum absolute atomic E-state index is 0.948. The molecule has 0 unspecified atom stereocenters. The molecule has 356 valence electrons. The second-order valence-corrected chi connectivity index (χ2v) is 20.1. The number of nitrogens with zero attached hydrogens (tertiary/aromatic N) is 4. The van der Waals surface area contributed by atoms with Crippen molar-refractivity contribution in [3.05, 3.63) is 279 Å². The Balaban J connectivity index is 0.867. The lowest BCUT2D eigenvalue weighted by atomic mass is 9.94. The maximum absolute atomic E-state index is 5.55. The smallest absolute Gasteiger partial charge is 0.124 e. The van der Waals surface area contributed by atoms with Crippen molar-refractivity contribution in [2.75, 3.05) is 0 Å². The fraction of sp³-hybridized carbons (Fsp3) is 0. The molecule has 10 aromatic carbocycles. The minimum atomic E-state index is 0.948. The molecule has 0 atom stereocenters. The molecule has 0 spiro atoms. The number of hydrogen-bond donors (Lipinski definition) is 0. The van der Waals surface area contributed by atoms with Crippen molar-refractivity contribution < 1.29 is 0 Å². The summed E-state index contributed by atoms with van der Waals surface area (Å²) in [6.45, 7) is 0. The van der Waals surface area contributed by atoms with Gasteiger partial charge in [0.2, 0.25) is 0 Å². The summed E-state index contributed by atoms with van der Waals surface area (Å²) in [6.07, 6.45) is 0. The van der Waals surface area contributed by atoms with Crippen LogP contribution in [0.5, 0.6) is 0 Å². The Bertz CT molecular complexity index is 4140. The highest BCUT2D eigenvalue weighted by molar-refractivity contribution is 7.22. The van der Waals surface area contributed by atoms with Crippen LogP contribution in [0.2, 0.25) is 0 Å². The third kappa shape index (κ3) is 8.16. The molecule has 4 nitrogen and oxygen atoms in total. The Hall–Kier alpha value is -9.81. The van der Waals surface area contributed by atoms with Gasteiger partial charge in [-0.2, -0.15) is 0 Å². The van der Waals surface area contributed by atoms with Crippen LogP contribution >= 0.6 is 11.3 Å². The largest absolute Gasteiger partial charge is 0.309 e. The number of thiazole rings is 1. The quantitative estimate of drug-likeness (QED) is 0.137. The van der Waals surface area contributed by atoms with Crippen LogP contribution in [-0.4, -0.2) is 19.5 Å². The fourth-order valence-electron chi connectivity index (χ4n) is 10.8. The molecule has 4 aromatic heterocycles. The highest BCUT2D eigenvalue weighted by Crippen LogP contribution is 2.44. The van der Waals surface area contributed by atoms with E-state index in [0.717, 1.165) is 116 Å². The molecule has 0 amide bonds. The predicted molar refractivity (Wildman–Crippen MR) is 318 cm³/mol. The van der Waals surface area contributed by atoms with Crippen LogP contribution in [0.15, 0.2) is 279 Å². The van der Waals surface area contributed by atoms with E-state index in [1.54, 1.807) is 11.3 Å². The SMILES string of the molecule is c1ccc(-c2ccc(-c3ccc(-c4ccc(-c5ccc(-c6ccc(-c7ccccc7)nc6-c6ccccc6)cc5)c5sc(-c6ccc(-n7c8ccccc8c8ccccc87)cc6)nc45)cc3)c(-c3ccccc3)n2)cc1. The van der Waals surface area contributed by atoms with E-state index in [1.807, 2.05) is 12.1 Å². The van der Waals surface area contributed by atoms with Crippen LogP contribution in [0.1, 0.15) is 0 Å². The van der Waals surface area contributed by atoms with Crippen LogP contribution in [0.4, 0.5) is 0 Å². The molecule has 5 heteroatoms. The van der Waals surface area contributed by atoms with Crippen LogP contribution in [-0.2, 0) is 0 Å². The van der Waals surface area contributed by atoms with E-state index in [-0.39, 0.29) is 0 Å². The molecule has 0 saturated carbocycles. The van der Waals surface area contributed by atoms with Gasteiger partial charge in [0, 0.05) is 66.5 Å². The van der Waals surface area contributed by atoms with E-state index in [1.165, 1.54) is 21.8 Å². The van der Waals surface area contributed by atoms with E-state index < -0.39 is 0 Å². The second kappa shape index (κ2) is 19.2. The summed E-state index contributed by atoms with van der Waals surface area (Å²) in [5.74, 6) is 0. The summed E-state index contributed by atoms with van der Waals surface area (Å²) >= 11 is 1.75. The van der Waals surface area contributed by atoms with Crippen molar-refractivity contribution in [3.63, 3.8) is 0 Å². The number of rotatable bonds is 10. The van der Waals surface area contributed by atoms with E-state index in [4.69, 9.17) is 15.0 Å². The van der Waals surface area contributed by atoms with E-state index in [0.29, 0.717) is 0 Å². The third-order valence-corrected chi connectivity index (χ3v) is 15.7. The van der Waals surface area contributed by atoms with Gasteiger partial charge in [-0.15, -0.1) is 11.3 Å². The molecule has 76 heavy (non-hydrogen) atoms. The molecule has 0 aliphatic carbocycles. The highest BCUT2D eigenvalue weighted by Gasteiger charge is 2.20. The number of benzene rings is 10. The maximum atomic E-state index is 5.55. The molecule has 14 aromatic rings. The number of pyridine rings is 2. The highest BCUT2D eigenvalue weighted by atomic mass is 32.1. The van der Waals surface area contributed by atoms with Gasteiger partial charge in [-0.05, 0) is 70.8 Å². The Labute approximate surface area is 445 Å². The van der Waals surface area contributed by atoms with E-state index >= 15 is 0 Å². The van der Waals surface area contributed by atoms with Gasteiger partial charge in [0.1, 0.15) is 5.01 Å². The molecule has 0 fully saturated rings. The van der Waals surface area contributed by atoms with E-state index in [2.05, 4.69) is 271 Å². The Morgan fingerprint density at radius 1 is 0.263 bits per heavy atom. The molecular formula is C71H46N4S. The molecule has 0 bridgehead atoms. The van der Waals surface area contributed by atoms with Crippen molar-refractivity contribution in [2.45, 2.75) is 0 Å². The van der Waals surface area contributed by atoms with Crippen molar-refractivity contribution >= 4 is 43.4 Å². The zero-order chi connectivity index (χ0) is 50.4. The topological polar surface area (TPSA) is 43.6 Å². The van der Waals surface area contributed by atoms with Crippen LogP contribution in [0.3, 0.4) is 0 Å². The van der Waals surface area contributed by atoms with Gasteiger partial charge in [0.05, 0.1) is 44.0 Å². The summed E-state index contributed by atoms with van der Waals surface area (Å²) in [6, 6.07) is 99.1. The zero-order valence-electron chi connectivity index (χ0n) is 41.3. The molecular weight excluding hydrogens is 941 g/mol. The molecule has 14 rings (SSSR count). The van der Waals surface area contributed by atoms with Gasteiger partial charge in [-0.3, -0.25) is 0 Å². The Kier molecular flexibility index (Phi) is 11.3. The average molecular weight is 987 g/mol. The molecule has 0 saturated heterocycles. The van der Waals surface area contributed by atoms with Crippen LogP contribution in [0.25, 0.3) is 138 Å². The summed E-state index contributed by atoms with van der Waals surface area (Å²) in [4.78, 5) is 16.1. The monoisotopic (exact) mass is 986 g/mol. The molecule has 0 radical (unpaired) electrons. The summed E-state index contributed by atoms with van der Waals surface area (Å²) < 4.78 is 3.50. The first-order valence-electron chi connectivity index (χ1n) is 25.7. The first kappa shape index (κ1) is 44.9. The van der Waals surface area contributed by atoms with Crippen LogP contribution in [0, 0.1) is 0 Å². The Morgan fingerprint density at radius 2 is 0.632 bits per heavy atom. The van der Waals surface area contributed by atoms with Gasteiger partial charge >= 0.3 is 0 Å². The molecule has 4 heterocycles. The zero-order valence-corrected chi connectivity index (χ0v) is 42.1. The molecule has 0 aliphatic rings. The molecule has 0 N–H and O–H groups in total. The van der Waals surface area contributed by atoms with Crippen molar-refractivity contribution in [3.8, 4) is 106 Å². The lowest BCUT2D eigenvalue weighted by Gasteiger charge is -2.14. The normalized spacial score (nSPS) is 11.4. The fourth-order valence-corrected chi connectivity index (χ4v) is 11.9. The molecule has 0 aliphatic heterocycles. The van der Waals surface area contributed by atoms with Gasteiger partial charge in [0.15, 0.2) is 0 Å².